The van der Waals surface area contributed by atoms with Gasteiger partial charge in [-0.05, 0) is 58.7 Å². The van der Waals surface area contributed by atoms with Crippen molar-refractivity contribution in [2.45, 2.75) is 11.8 Å². The van der Waals surface area contributed by atoms with E-state index in [2.05, 4.69) is 26.2 Å². The number of rotatable bonds is 3. The van der Waals surface area contributed by atoms with Crippen molar-refractivity contribution in [2.24, 2.45) is 0 Å². The maximum absolute atomic E-state index is 13.9. The van der Waals surface area contributed by atoms with Crippen LogP contribution in [0.4, 0.5) is 9.52 Å². The zero-order valence-electron chi connectivity index (χ0n) is 13.1. The summed E-state index contributed by atoms with van der Waals surface area (Å²) in [5, 5.41) is 2.94. The minimum absolute atomic E-state index is 0.187. The molecule has 0 unspecified atom stereocenters. The van der Waals surface area contributed by atoms with Gasteiger partial charge in [0.1, 0.15) is 5.82 Å². The highest BCUT2D eigenvalue weighted by molar-refractivity contribution is 9.10. The van der Waals surface area contributed by atoms with Crippen LogP contribution in [0.2, 0.25) is 0 Å². The number of benzene rings is 2. The average molecular weight is 443 g/mol. The standard InChI is InChI=1S/C16H12BrFN2O3S2/c1-8-10(4-5-11(17)14(8)18)15(21)20-16-19-12-6-3-9(25(2,22)23)7-13(12)24-16/h3-7H,1-2H3,(H,19,20,21). The third-order valence-electron chi connectivity index (χ3n) is 3.59. The van der Waals surface area contributed by atoms with Gasteiger partial charge in [0.2, 0.25) is 0 Å². The minimum atomic E-state index is -3.32. The number of amides is 1. The highest BCUT2D eigenvalue weighted by atomic mass is 79.9. The number of aromatic nitrogens is 1. The number of hydrogen-bond acceptors (Lipinski definition) is 5. The Bertz CT molecular complexity index is 1110. The summed E-state index contributed by atoms with van der Waals surface area (Å²) in [7, 11) is -3.32. The maximum Gasteiger partial charge on any atom is 0.257 e. The molecule has 1 N–H and O–H groups in total. The van der Waals surface area contributed by atoms with E-state index in [9.17, 15) is 17.6 Å². The summed E-state index contributed by atoms with van der Waals surface area (Å²) >= 11 is 4.23. The van der Waals surface area contributed by atoms with Crippen LogP contribution in [0.25, 0.3) is 10.2 Å². The smallest absolute Gasteiger partial charge is 0.257 e. The molecule has 0 fully saturated rings. The van der Waals surface area contributed by atoms with Crippen LogP contribution in [0, 0.1) is 12.7 Å². The number of hydrogen-bond donors (Lipinski definition) is 1. The minimum Gasteiger partial charge on any atom is -0.298 e. The number of carbonyl (C=O) groups excluding carboxylic acids is 1. The number of nitrogens with one attached hydrogen (secondary N) is 1. The van der Waals surface area contributed by atoms with Crippen molar-refractivity contribution in [1.29, 1.82) is 0 Å². The van der Waals surface area contributed by atoms with Crippen molar-refractivity contribution in [3.05, 3.63) is 51.7 Å². The van der Waals surface area contributed by atoms with Crippen LogP contribution in [0.15, 0.2) is 39.7 Å². The Balaban J connectivity index is 1.93. The van der Waals surface area contributed by atoms with Crippen LogP contribution in [-0.4, -0.2) is 25.6 Å². The fourth-order valence-electron chi connectivity index (χ4n) is 2.25. The van der Waals surface area contributed by atoms with Gasteiger partial charge in [-0.3, -0.25) is 10.1 Å². The van der Waals surface area contributed by atoms with Crippen LogP contribution in [0.3, 0.4) is 0 Å². The van der Waals surface area contributed by atoms with Gasteiger partial charge in [-0.2, -0.15) is 0 Å². The summed E-state index contributed by atoms with van der Waals surface area (Å²) < 4.78 is 38.1. The first-order valence-electron chi connectivity index (χ1n) is 7.03. The fraction of sp³-hybridized carbons (Fsp3) is 0.125. The van der Waals surface area contributed by atoms with E-state index in [1.807, 2.05) is 0 Å². The molecule has 9 heteroatoms. The molecule has 3 aromatic rings. The van der Waals surface area contributed by atoms with Crippen LogP contribution in [-0.2, 0) is 9.84 Å². The van der Waals surface area contributed by atoms with E-state index in [1.165, 1.54) is 31.2 Å². The van der Waals surface area contributed by atoms with Gasteiger partial charge in [-0.15, -0.1) is 0 Å². The summed E-state index contributed by atoms with van der Waals surface area (Å²) in [6, 6.07) is 7.56. The Hall–Kier alpha value is -1.84. The van der Waals surface area contributed by atoms with Crippen LogP contribution in [0.1, 0.15) is 15.9 Å². The predicted octanol–water partition coefficient (Wildman–Crippen LogP) is 4.16. The highest BCUT2D eigenvalue weighted by Gasteiger charge is 2.17. The number of thiazole rings is 1. The summed E-state index contributed by atoms with van der Waals surface area (Å²) in [4.78, 5) is 16.8. The molecule has 5 nitrogen and oxygen atoms in total. The molecule has 2 aromatic carbocycles. The van der Waals surface area contributed by atoms with Gasteiger partial charge in [-0.25, -0.2) is 17.8 Å². The molecule has 130 valence electrons. The first kappa shape index (κ1) is 18.0. The molecule has 1 amide bonds. The van der Waals surface area contributed by atoms with E-state index >= 15 is 0 Å². The molecule has 0 spiro atoms. The lowest BCUT2D eigenvalue weighted by atomic mass is 10.1. The topological polar surface area (TPSA) is 76.1 Å². The normalized spacial score (nSPS) is 11.7. The fourth-order valence-corrected chi connectivity index (χ4v) is 4.30. The molecule has 0 saturated carbocycles. The number of nitrogens with zero attached hydrogens (tertiary/aromatic N) is 1. The lowest BCUT2D eigenvalue weighted by molar-refractivity contribution is 0.102. The Morgan fingerprint density at radius 2 is 2.00 bits per heavy atom. The highest BCUT2D eigenvalue weighted by Crippen LogP contribution is 2.29. The molecule has 0 saturated heterocycles. The van der Waals surface area contributed by atoms with E-state index in [-0.39, 0.29) is 20.5 Å². The first-order valence-corrected chi connectivity index (χ1v) is 10.5. The van der Waals surface area contributed by atoms with E-state index < -0.39 is 21.6 Å². The number of anilines is 1. The largest absolute Gasteiger partial charge is 0.298 e. The molecular weight excluding hydrogens is 431 g/mol. The van der Waals surface area contributed by atoms with Gasteiger partial charge in [-0.1, -0.05) is 11.3 Å². The number of sulfone groups is 1. The van der Waals surface area contributed by atoms with Gasteiger partial charge >= 0.3 is 0 Å². The molecule has 0 aliphatic heterocycles. The molecular formula is C16H12BrFN2O3S2. The van der Waals surface area contributed by atoms with Crippen molar-refractivity contribution in [2.75, 3.05) is 11.6 Å². The Morgan fingerprint density at radius 1 is 1.28 bits per heavy atom. The third kappa shape index (κ3) is 3.58. The van der Waals surface area contributed by atoms with Gasteiger partial charge < -0.3 is 0 Å². The zero-order chi connectivity index (χ0) is 18.4. The van der Waals surface area contributed by atoms with E-state index in [4.69, 9.17) is 0 Å². The van der Waals surface area contributed by atoms with Crippen molar-refractivity contribution in [3.63, 3.8) is 0 Å². The lowest BCUT2D eigenvalue weighted by Crippen LogP contribution is -2.14. The molecule has 0 radical (unpaired) electrons. The lowest BCUT2D eigenvalue weighted by Gasteiger charge is -2.07. The van der Waals surface area contributed by atoms with Crippen molar-refractivity contribution in [1.82, 2.24) is 4.98 Å². The number of fused-ring (bicyclic) bond motifs is 1. The van der Waals surface area contributed by atoms with Crippen LogP contribution < -0.4 is 5.32 Å². The summed E-state index contributed by atoms with van der Waals surface area (Å²) in [5.41, 5.74) is 1.01. The molecule has 1 heterocycles. The van der Waals surface area contributed by atoms with E-state index in [1.54, 1.807) is 6.07 Å². The summed E-state index contributed by atoms with van der Waals surface area (Å²) in [6.07, 6.45) is 1.13. The zero-order valence-corrected chi connectivity index (χ0v) is 16.4. The molecule has 0 aliphatic rings. The molecule has 0 bridgehead atoms. The second-order valence-corrected chi connectivity index (χ2v) is 9.31. The van der Waals surface area contributed by atoms with Gasteiger partial charge in [0.15, 0.2) is 15.0 Å². The summed E-state index contributed by atoms with van der Waals surface area (Å²) in [6.45, 7) is 1.52. The number of carbonyl (C=O) groups is 1. The predicted molar refractivity (Wildman–Crippen MR) is 99.5 cm³/mol. The Morgan fingerprint density at radius 3 is 2.68 bits per heavy atom. The van der Waals surface area contributed by atoms with E-state index in [0.717, 1.165) is 17.6 Å². The van der Waals surface area contributed by atoms with Crippen molar-refractivity contribution in [3.8, 4) is 0 Å². The van der Waals surface area contributed by atoms with Gasteiger partial charge in [0.25, 0.3) is 5.91 Å². The molecule has 1 aromatic heterocycles. The monoisotopic (exact) mass is 442 g/mol. The second kappa shape index (κ2) is 6.47. The molecule has 3 rings (SSSR count). The second-order valence-electron chi connectivity index (χ2n) is 5.41. The average Bonchev–Trinajstić information content (AvgIpc) is 2.93. The van der Waals surface area contributed by atoms with E-state index in [0.29, 0.717) is 15.3 Å². The van der Waals surface area contributed by atoms with Crippen LogP contribution >= 0.6 is 27.3 Å². The maximum atomic E-state index is 13.9. The quantitative estimate of drug-likeness (QED) is 0.660. The molecule has 0 aliphatic carbocycles. The molecule has 25 heavy (non-hydrogen) atoms. The van der Waals surface area contributed by atoms with Gasteiger partial charge in [0.05, 0.1) is 19.6 Å². The third-order valence-corrected chi connectivity index (χ3v) is 6.25. The Kier molecular flexibility index (Phi) is 4.65. The first-order chi connectivity index (χ1) is 11.7. The number of halogens is 2. The van der Waals surface area contributed by atoms with Crippen molar-refractivity contribution < 1.29 is 17.6 Å². The van der Waals surface area contributed by atoms with Crippen LogP contribution in [0.5, 0.6) is 0 Å². The SMILES string of the molecule is Cc1c(C(=O)Nc2nc3ccc(S(C)(=O)=O)cc3s2)ccc(Br)c1F. The summed E-state index contributed by atoms with van der Waals surface area (Å²) in [5.74, 6) is -0.971. The molecule has 0 atom stereocenters. The Labute approximate surface area is 155 Å². The van der Waals surface area contributed by atoms with Crippen molar-refractivity contribution >= 4 is 58.4 Å². The van der Waals surface area contributed by atoms with Gasteiger partial charge in [0, 0.05) is 11.8 Å².